The molecule has 1 aromatic carbocycles. The average molecular weight is 292 g/mol. The lowest BCUT2D eigenvalue weighted by molar-refractivity contribution is 0.199. The molecule has 3 N–H and O–H groups in total. The molecule has 1 atom stereocenters. The fourth-order valence-corrected chi connectivity index (χ4v) is 2.72. The first-order valence-corrected chi connectivity index (χ1v) is 7.36. The van der Waals surface area contributed by atoms with Crippen LogP contribution in [0.25, 0.3) is 0 Å². The summed E-state index contributed by atoms with van der Waals surface area (Å²) in [5.41, 5.74) is 1.31. The molecule has 0 saturated heterocycles. The lowest BCUT2D eigenvalue weighted by Crippen LogP contribution is -2.47. The van der Waals surface area contributed by atoms with Crippen molar-refractivity contribution in [2.45, 2.75) is 59.6 Å². The maximum absolute atomic E-state index is 12.1. The van der Waals surface area contributed by atoms with Crippen LogP contribution in [-0.4, -0.2) is 16.7 Å². The number of benzene rings is 1. The summed E-state index contributed by atoms with van der Waals surface area (Å²) in [5.74, 6) is 0. The highest BCUT2D eigenvalue weighted by Crippen LogP contribution is 2.27. The van der Waals surface area contributed by atoms with Crippen molar-refractivity contribution in [1.29, 1.82) is 0 Å². The summed E-state index contributed by atoms with van der Waals surface area (Å²) in [6.07, 6.45) is 0.327. The summed E-state index contributed by atoms with van der Waals surface area (Å²) < 4.78 is 0. The van der Waals surface area contributed by atoms with Gasteiger partial charge in [0.25, 0.3) is 0 Å². The molecule has 0 bridgehead atoms. The second kappa shape index (κ2) is 6.48. The molecule has 118 valence electrons. The van der Waals surface area contributed by atoms with Crippen molar-refractivity contribution in [2.24, 2.45) is 5.41 Å². The number of rotatable bonds is 4. The van der Waals surface area contributed by atoms with Crippen LogP contribution in [0.5, 0.6) is 0 Å². The van der Waals surface area contributed by atoms with E-state index >= 15 is 0 Å². The van der Waals surface area contributed by atoms with E-state index in [-0.39, 0.29) is 17.0 Å². The highest BCUT2D eigenvalue weighted by molar-refractivity contribution is 5.89. The molecule has 0 radical (unpaired) electrons. The van der Waals surface area contributed by atoms with Crippen molar-refractivity contribution in [3.05, 3.63) is 29.8 Å². The van der Waals surface area contributed by atoms with E-state index in [0.29, 0.717) is 5.69 Å². The first-order valence-electron chi connectivity index (χ1n) is 7.36. The van der Waals surface area contributed by atoms with Crippen molar-refractivity contribution in [2.75, 3.05) is 5.32 Å². The molecule has 0 heterocycles. The predicted octanol–water partition coefficient (Wildman–Crippen LogP) is 4.08. The van der Waals surface area contributed by atoms with E-state index in [9.17, 15) is 9.90 Å². The van der Waals surface area contributed by atoms with Crippen LogP contribution in [-0.2, 0) is 0 Å². The SMILES string of the molecule is CC(O)c1cccc(NC(=O)NC(C)(C)CC(C)(C)C)c1. The van der Waals surface area contributed by atoms with E-state index < -0.39 is 6.10 Å². The zero-order chi connectivity index (χ0) is 16.3. The molecule has 1 unspecified atom stereocenters. The number of anilines is 1. The Bertz CT molecular complexity index is 488. The van der Waals surface area contributed by atoms with Crippen molar-refractivity contribution < 1.29 is 9.90 Å². The van der Waals surface area contributed by atoms with Crippen LogP contribution in [0.15, 0.2) is 24.3 Å². The van der Waals surface area contributed by atoms with Crippen LogP contribution in [0, 0.1) is 5.41 Å². The second-order valence-corrected chi connectivity index (χ2v) is 7.50. The Balaban J connectivity index is 2.67. The number of aliphatic hydroxyl groups is 1. The number of carbonyl (C=O) groups excluding carboxylic acids is 1. The molecule has 0 fully saturated rings. The Morgan fingerprint density at radius 2 is 1.86 bits per heavy atom. The summed E-state index contributed by atoms with van der Waals surface area (Å²) >= 11 is 0. The van der Waals surface area contributed by atoms with Crippen LogP contribution in [0.2, 0.25) is 0 Å². The number of carbonyl (C=O) groups is 1. The van der Waals surface area contributed by atoms with Crippen molar-refractivity contribution in [1.82, 2.24) is 5.32 Å². The standard InChI is InChI=1S/C17H28N2O2/c1-12(20)13-8-7-9-14(10-13)18-15(21)19-17(5,6)11-16(2,3)4/h7-10,12,20H,11H2,1-6H3,(H2,18,19,21). The van der Waals surface area contributed by atoms with E-state index in [2.05, 4.69) is 31.4 Å². The topological polar surface area (TPSA) is 61.4 Å². The van der Waals surface area contributed by atoms with Gasteiger partial charge in [-0.15, -0.1) is 0 Å². The molecule has 0 saturated carbocycles. The zero-order valence-corrected chi connectivity index (χ0v) is 13.9. The van der Waals surface area contributed by atoms with Gasteiger partial charge < -0.3 is 15.7 Å². The fraction of sp³-hybridized carbons (Fsp3) is 0.588. The van der Waals surface area contributed by atoms with E-state index in [4.69, 9.17) is 0 Å². The highest BCUT2D eigenvalue weighted by atomic mass is 16.3. The minimum absolute atomic E-state index is 0.142. The summed E-state index contributed by atoms with van der Waals surface area (Å²) in [6, 6.07) is 7.00. The summed E-state index contributed by atoms with van der Waals surface area (Å²) in [5, 5.41) is 15.4. The van der Waals surface area contributed by atoms with Gasteiger partial charge in [-0.3, -0.25) is 0 Å². The molecule has 21 heavy (non-hydrogen) atoms. The lowest BCUT2D eigenvalue weighted by atomic mass is 9.82. The maximum Gasteiger partial charge on any atom is 0.319 e. The van der Waals surface area contributed by atoms with Gasteiger partial charge in [-0.2, -0.15) is 0 Å². The van der Waals surface area contributed by atoms with Gasteiger partial charge in [0.15, 0.2) is 0 Å². The van der Waals surface area contributed by atoms with Gasteiger partial charge >= 0.3 is 6.03 Å². The van der Waals surface area contributed by atoms with Gasteiger partial charge in [0, 0.05) is 11.2 Å². The lowest BCUT2D eigenvalue weighted by Gasteiger charge is -2.33. The van der Waals surface area contributed by atoms with Gasteiger partial charge in [0.1, 0.15) is 0 Å². The predicted molar refractivity (Wildman–Crippen MR) is 87.4 cm³/mol. The quantitative estimate of drug-likeness (QED) is 0.783. The third kappa shape index (κ3) is 6.63. The van der Waals surface area contributed by atoms with E-state index in [0.717, 1.165) is 12.0 Å². The van der Waals surface area contributed by atoms with Gasteiger partial charge in [-0.1, -0.05) is 32.9 Å². The fourth-order valence-electron chi connectivity index (χ4n) is 2.72. The number of hydrogen-bond donors (Lipinski definition) is 3. The number of nitrogens with one attached hydrogen (secondary N) is 2. The molecule has 0 aliphatic heterocycles. The van der Waals surface area contributed by atoms with Gasteiger partial charge in [-0.25, -0.2) is 4.79 Å². The Labute approximate surface area is 128 Å². The third-order valence-corrected chi connectivity index (χ3v) is 3.05. The maximum atomic E-state index is 12.1. The molecule has 0 spiro atoms. The van der Waals surface area contributed by atoms with Crippen LogP contribution in [0.4, 0.5) is 10.5 Å². The van der Waals surface area contributed by atoms with Crippen molar-refractivity contribution in [3.63, 3.8) is 0 Å². The average Bonchev–Trinajstić information content (AvgIpc) is 2.24. The van der Waals surface area contributed by atoms with Gasteiger partial charge in [0.2, 0.25) is 0 Å². The molecular formula is C17H28N2O2. The van der Waals surface area contributed by atoms with E-state index in [1.165, 1.54) is 0 Å². The number of aliphatic hydroxyl groups excluding tert-OH is 1. The first kappa shape index (κ1) is 17.5. The van der Waals surface area contributed by atoms with Crippen molar-refractivity contribution in [3.8, 4) is 0 Å². The number of amides is 2. The Morgan fingerprint density at radius 1 is 1.24 bits per heavy atom. The molecule has 1 aromatic rings. The summed E-state index contributed by atoms with van der Waals surface area (Å²) in [4.78, 5) is 12.1. The largest absolute Gasteiger partial charge is 0.389 e. The molecule has 2 amide bonds. The van der Waals surface area contributed by atoms with E-state index in [1.807, 2.05) is 32.0 Å². The van der Waals surface area contributed by atoms with Crippen LogP contribution < -0.4 is 10.6 Å². The molecular weight excluding hydrogens is 264 g/mol. The second-order valence-electron chi connectivity index (χ2n) is 7.50. The Morgan fingerprint density at radius 3 is 2.38 bits per heavy atom. The van der Waals surface area contributed by atoms with Crippen LogP contribution in [0.1, 0.15) is 59.6 Å². The van der Waals surface area contributed by atoms with Gasteiger partial charge in [0.05, 0.1) is 6.10 Å². The molecule has 4 heteroatoms. The summed E-state index contributed by atoms with van der Waals surface area (Å²) in [6.45, 7) is 12.2. The smallest absolute Gasteiger partial charge is 0.319 e. The third-order valence-electron chi connectivity index (χ3n) is 3.05. The molecule has 4 nitrogen and oxygen atoms in total. The summed E-state index contributed by atoms with van der Waals surface area (Å²) in [7, 11) is 0. The number of hydrogen-bond acceptors (Lipinski definition) is 2. The molecule has 1 rings (SSSR count). The van der Waals surface area contributed by atoms with Crippen LogP contribution in [0.3, 0.4) is 0 Å². The number of urea groups is 1. The highest BCUT2D eigenvalue weighted by Gasteiger charge is 2.26. The molecule has 0 aliphatic carbocycles. The molecule has 0 aromatic heterocycles. The zero-order valence-electron chi connectivity index (χ0n) is 13.9. The minimum Gasteiger partial charge on any atom is -0.389 e. The normalized spacial score (nSPS) is 13.7. The van der Waals surface area contributed by atoms with E-state index in [1.54, 1.807) is 13.0 Å². The van der Waals surface area contributed by atoms with Crippen LogP contribution >= 0.6 is 0 Å². The van der Waals surface area contributed by atoms with Gasteiger partial charge in [-0.05, 0) is 50.3 Å². The molecule has 0 aliphatic rings. The Kier molecular flexibility index (Phi) is 5.40. The first-order chi connectivity index (χ1) is 9.48. The minimum atomic E-state index is -0.549. The van der Waals surface area contributed by atoms with Crippen molar-refractivity contribution >= 4 is 11.7 Å². The monoisotopic (exact) mass is 292 g/mol. The Hall–Kier alpha value is -1.55.